The molecule has 4 rings (SSSR count). The SMILES string of the molecule is CCc1cc(Nc2nccn3c(-c4ccc(CCC#N)c(F)c4F)cnc23)ccc1C(=O)CNCCOCCN. The molecular formula is C29H31F2N7O2. The van der Waals surface area contributed by atoms with E-state index in [0.717, 1.165) is 5.56 Å². The van der Waals surface area contributed by atoms with Crippen LogP contribution in [0.25, 0.3) is 16.9 Å². The van der Waals surface area contributed by atoms with Crippen molar-refractivity contribution in [1.29, 1.82) is 5.26 Å². The molecule has 2 aromatic heterocycles. The summed E-state index contributed by atoms with van der Waals surface area (Å²) in [6.07, 6.45) is 5.51. The van der Waals surface area contributed by atoms with E-state index in [-0.39, 0.29) is 36.3 Å². The highest BCUT2D eigenvalue weighted by Crippen LogP contribution is 2.30. The smallest absolute Gasteiger partial charge is 0.180 e. The third kappa shape index (κ3) is 6.48. The maximum Gasteiger partial charge on any atom is 0.180 e. The van der Waals surface area contributed by atoms with Gasteiger partial charge in [0.1, 0.15) is 0 Å². The van der Waals surface area contributed by atoms with E-state index in [2.05, 4.69) is 20.6 Å². The Morgan fingerprint density at radius 1 is 1.15 bits per heavy atom. The Hall–Kier alpha value is -4.24. The maximum atomic E-state index is 15.0. The number of imidazole rings is 1. The van der Waals surface area contributed by atoms with Gasteiger partial charge in [0.25, 0.3) is 0 Å². The van der Waals surface area contributed by atoms with Crippen LogP contribution in [0.2, 0.25) is 0 Å². The fourth-order valence-corrected chi connectivity index (χ4v) is 4.38. The van der Waals surface area contributed by atoms with Crippen molar-refractivity contribution in [3.05, 3.63) is 77.2 Å². The van der Waals surface area contributed by atoms with Crippen LogP contribution in [0.1, 0.15) is 34.8 Å². The average molecular weight is 548 g/mol. The lowest BCUT2D eigenvalue weighted by atomic mass is 10.0. The molecule has 0 amide bonds. The highest BCUT2D eigenvalue weighted by atomic mass is 19.2. The third-order valence-electron chi connectivity index (χ3n) is 6.39. The first-order chi connectivity index (χ1) is 19.5. The molecule has 0 atom stereocenters. The number of nitriles is 1. The number of ether oxygens (including phenoxy) is 1. The zero-order valence-electron chi connectivity index (χ0n) is 22.2. The molecule has 0 unspecified atom stereocenters. The third-order valence-corrected chi connectivity index (χ3v) is 6.39. The second-order valence-corrected chi connectivity index (χ2v) is 9.02. The second-order valence-electron chi connectivity index (χ2n) is 9.02. The van der Waals surface area contributed by atoms with Crippen LogP contribution in [-0.2, 0) is 17.6 Å². The molecule has 0 fully saturated rings. The summed E-state index contributed by atoms with van der Waals surface area (Å²) in [6, 6.07) is 10.4. The lowest BCUT2D eigenvalue weighted by Gasteiger charge is -2.13. The monoisotopic (exact) mass is 547 g/mol. The Morgan fingerprint density at radius 3 is 2.77 bits per heavy atom. The van der Waals surface area contributed by atoms with E-state index in [9.17, 15) is 13.6 Å². The normalized spacial score (nSPS) is 11.1. The average Bonchev–Trinajstić information content (AvgIpc) is 3.40. The number of ketones is 1. The van der Waals surface area contributed by atoms with Gasteiger partial charge in [0, 0.05) is 48.7 Å². The van der Waals surface area contributed by atoms with Crippen molar-refractivity contribution in [2.75, 3.05) is 38.2 Å². The van der Waals surface area contributed by atoms with Crippen LogP contribution >= 0.6 is 0 Å². The van der Waals surface area contributed by atoms with E-state index in [1.54, 1.807) is 22.7 Å². The standard InChI is InChI=1S/C29H31F2N7O2/c1-2-19-16-21(6-8-22(19)25(39)18-34-12-15-40-14-10-33)37-28-29-36-17-24(38(29)13-11-35-28)23-7-5-20(4-3-9-32)26(30)27(23)31/h5-8,11,13,16-17,34H,2-4,10,12,14-15,18,33H2,1H3,(H,35,37). The number of rotatable bonds is 14. The molecule has 0 aliphatic carbocycles. The number of hydrogen-bond acceptors (Lipinski definition) is 8. The molecule has 0 aliphatic rings. The Kier molecular flexibility index (Phi) is 9.86. The van der Waals surface area contributed by atoms with Crippen molar-refractivity contribution in [3.8, 4) is 17.3 Å². The minimum absolute atomic E-state index is 0.0201. The van der Waals surface area contributed by atoms with E-state index >= 15 is 0 Å². The second kappa shape index (κ2) is 13.7. The summed E-state index contributed by atoms with van der Waals surface area (Å²) in [5, 5.41) is 15.1. The first kappa shape index (κ1) is 28.8. The number of fused-ring (bicyclic) bond motifs is 1. The Bertz CT molecular complexity index is 1530. The number of anilines is 2. The zero-order chi connectivity index (χ0) is 28.5. The van der Waals surface area contributed by atoms with Crippen molar-refractivity contribution in [3.63, 3.8) is 0 Å². The molecule has 40 heavy (non-hydrogen) atoms. The minimum atomic E-state index is -0.992. The number of nitrogens with zero attached hydrogens (tertiary/aromatic N) is 4. The Morgan fingerprint density at radius 2 is 2.00 bits per heavy atom. The van der Waals surface area contributed by atoms with Crippen LogP contribution in [0.3, 0.4) is 0 Å². The quantitative estimate of drug-likeness (QED) is 0.158. The number of benzene rings is 2. The summed E-state index contributed by atoms with van der Waals surface area (Å²) in [6.45, 7) is 4.15. The lowest BCUT2D eigenvalue weighted by molar-refractivity contribution is 0.0982. The van der Waals surface area contributed by atoms with E-state index in [4.69, 9.17) is 15.7 Å². The maximum absolute atomic E-state index is 15.0. The van der Waals surface area contributed by atoms with E-state index in [1.165, 1.54) is 24.5 Å². The van der Waals surface area contributed by atoms with E-state index < -0.39 is 11.6 Å². The van der Waals surface area contributed by atoms with Gasteiger partial charge in [-0.1, -0.05) is 13.0 Å². The molecule has 0 bridgehead atoms. The largest absolute Gasteiger partial charge is 0.379 e. The molecule has 2 aromatic carbocycles. The van der Waals surface area contributed by atoms with Gasteiger partial charge in [-0.2, -0.15) is 5.26 Å². The minimum Gasteiger partial charge on any atom is -0.379 e. The van der Waals surface area contributed by atoms with Crippen molar-refractivity contribution in [2.45, 2.75) is 26.2 Å². The van der Waals surface area contributed by atoms with Gasteiger partial charge < -0.3 is 21.1 Å². The highest BCUT2D eigenvalue weighted by Gasteiger charge is 2.19. The predicted octanol–water partition coefficient (Wildman–Crippen LogP) is 4.18. The van der Waals surface area contributed by atoms with Crippen LogP contribution < -0.4 is 16.4 Å². The molecule has 208 valence electrons. The molecule has 0 spiro atoms. The number of nitrogens with two attached hydrogens (primary N) is 1. The van der Waals surface area contributed by atoms with Crippen molar-refractivity contribution >= 4 is 22.9 Å². The fourth-order valence-electron chi connectivity index (χ4n) is 4.38. The van der Waals surface area contributed by atoms with Crippen LogP contribution in [0, 0.1) is 23.0 Å². The van der Waals surface area contributed by atoms with Gasteiger partial charge in [-0.15, -0.1) is 0 Å². The first-order valence-electron chi connectivity index (χ1n) is 13.1. The van der Waals surface area contributed by atoms with Crippen LogP contribution in [0.4, 0.5) is 20.3 Å². The van der Waals surface area contributed by atoms with Gasteiger partial charge in [-0.25, -0.2) is 18.7 Å². The molecule has 2 heterocycles. The van der Waals surface area contributed by atoms with Crippen molar-refractivity contribution in [1.82, 2.24) is 19.7 Å². The molecule has 0 saturated heterocycles. The summed E-state index contributed by atoms with van der Waals surface area (Å²) in [5.41, 5.74) is 8.60. The van der Waals surface area contributed by atoms with Gasteiger partial charge in [0.2, 0.25) is 0 Å². The van der Waals surface area contributed by atoms with Gasteiger partial charge in [-0.05, 0) is 48.2 Å². The summed E-state index contributed by atoms with van der Waals surface area (Å²) < 4.78 is 36.6. The van der Waals surface area contributed by atoms with Gasteiger partial charge >= 0.3 is 0 Å². The van der Waals surface area contributed by atoms with E-state index in [1.807, 2.05) is 19.1 Å². The molecule has 4 aromatic rings. The predicted molar refractivity (Wildman–Crippen MR) is 148 cm³/mol. The Balaban J connectivity index is 1.53. The summed E-state index contributed by atoms with van der Waals surface area (Å²) in [4.78, 5) is 21.6. The summed E-state index contributed by atoms with van der Waals surface area (Å²) >= 11 is 0. The number of halogens is 2. The number of carbonyl (C=O) groups excluding carboxylic acids is 1. The van der Waals surface area contributed by atoms with Crippen molar-refractivity contribution < 1.29 is 18.3 Å². The van der Waals surface area contributed by atoms with Crippen LogP contribution in [0.5, 0.6) is 0 Å². The number of aromatic nitrogens is 3. The number of hydrogen-bond donors (Lipinski definition) is 3. The topological polar surface area (TPSA) is 130 Å². The summed E-state index contributed by atoms with van der Waals surface area (Å²) in [5.74, 6) is -1.56. The van der Waals surface area contributed by atoms with Gasteiger partial charge in [0.05, 0.1) is 37.7 Å². The molecule has 0 radical (unpaired) electrons. The first-order valence-corrected chi connectivity index (χ1v) is 13.1. The number of aryl methyl sites for hydroxylation is 2. The number of carbonyl (C=O) groups is 1. The van der Waals surface area contributed by atoms with Gasteiger partial charge in [0.15, 0.2) is 28.9 Å². The van der Waals surface area contributed by atoms with Crippen LogP contribution in [0.15, 0.2) is 48.9 Å². The van der Waals surface area contributed by atoms with E-state index in [0.29, 0.717) is 61.1 Å². The zero-order valence-corrected chi connectivity index (χ0v) is 22.2. The molecule has 0 saturated carbocycles. The molecular weight excluding hydrogens is 516 g/mol. The molecule has 4 N–H and O–H groups in total. The number of Topliss-reactive ketones (excluding diaryl/α,β-unsaturated/α-hetero) is 1. The van der Waals surface area contributed by atoms with Gasteiger partial charge in [-0.3, -0.25) is 9.20 Å². The Labute approximate surface area is 231 Å². The molecule has 9 nitrogen and oxygen atoms in total. The van der Waals surface area contributed by atoms with Crippen LogP contribution in [-0.4, -0.2) is 53.0 Å². The molecule has 11 heteroatoms. The summed E-state index contributed by atoms with van der Waals surface area (Å²) in [7, 11) is 0. The number of nitrogens with one attached hydrogen (secondary N) is 2. The molecule has 0 aliphatic heterocycles. The highest BCUT2D eigenvalue weighted by molar-refractivity contribution is 5.99. The van der Waals surface area contributed by atoms with Crippen molar-refractivity contribution in [2.24, 2.45) is 5.73 Å². The fraction of sp³-hybridized carbons (Fsp3) is 0.310. The lowest BCUT2D eigenvalue weighted by Crippen LogP contribution is -2.27.